The van der Waals surface area contributed by atoms with Crippen LogP contribution in [0.4, 0.5) is 0 Å². The molecule has 0 aromatic heterocycles. The fourth-order valence-electron chi connectivity index (χ4n) is 5.56. The Labute approximate surface area is 260 Å². The first-order valence-corrected chi connectivity index (χ1v) is 15.7. The molecule has 0 saturated carbocycles. The van der Waals surface area contributed by atoms with Gasteiger partial charge in [0.1, 0.15) is 11.8 Å². The van der Waals surface area contributed by atoms with Crippen LogP contribution < -0.4 is 16.8 Å². The van der Waals surface area contributed by atoms with Crippen LogP contribution in [0, 0.1) is 11.3 Å². The van der Waals surface area contributed by atoms with Gasteiger partial charge in [0.25, 0.3) is 5.91 Å². The second kappa shape index (κ2) is 17.0. The van der Waals surface area contributed by atoms with E-state index in [1.807, 2.05) is 45.9 Å². The van der Waals surface area contributed by atoms with Gasteiger partial charge in [0, 0.05) is 42.4 Å². The lowest BCUT2D eigenvalue weighted by Gasteiger charge is -2.39. The third-order valence-electron chi connectivity index (χ3n) is 7.71. The Kier molecular flexibility index (Phi) is 13.7. The minimum Gasteiger partial charge on any atom is -0.462 e. The number of hydrogen-bond acceptors (Lipinski definition) is 5. The SMILES string of the molecule is CC(C)C[C@@H]1C[N+](=C(O)[C@H](N)Cc2ccc(Cl)cc2)[C@@H](CCCCNCCN)CN1C(=O)C(=N)Cc1ccc(Cl)cc1. The van der Waals surface area contributed by atoms with Gasteiger partial charge in [-0.3, -0.25) is 10.2 Å². The number of halogens is 2. The first-order chi connectivity index (χ1) is 20.1. The fourth-order valence-corrected chi connectivity index (χ4v) is 5.81. The third-order valence-corrected chi connectivity index (χ3v) is 8.21. The van der Waals surface area contributed by atoms with Gasteiger partial charge in [-0.25, -0.2) is 0 Å². The number of amides is 1. The Morgan fingerprint density at radius 2 is 1.69 bits per heavy atom. The molecule has 0 spiro atoms. The first-order valence-electron chi connectivity index (χ1n) is 14.9. The van der Waals surface area contributed by atoms with E-state index in [9.17, 15) is 9.90 Å². The number of unbranched alkanes of at least 4 members (excludes halogenated alkanes) is 1. The lowest BCUT2D eigenvalue weighted by molar-refractivity contribution is -0.592. The van der Waals surface area contributed by atoms with E-state index in [2.05, 4.69) is 19.2 Å². The van der Waals surface area contributed by atoms with Crippen molar-refractivity contribution in [3.63, 3.8) is 0 Å². The Balaban J connectivity index is 1.84. The van der Waals surface area contributed by atoms with Crippen LogP contribution in [0.15, 0.2) is 48.5 Å². The molecule has 8 nitrogen and oxygen atoms in total. The molecule has 0 radical (unpaired) electrons. The smallest absolute Gasteiger partial charge is 0.351 e. The molecule has 1 fully saturated rings. The van der Waals surface area contributed by atoms with Gasteiger partial charge in [0.2, 0.25) is 0 Å². The number of nitrogens with one attached hydrogen (secondary N) is 2. The topological polar surface area (TPSA) is 131 Å². The molecule has 1 heterocycles. The van der Waals surface area contributed by atoms with Crippen molar-refractivity contribution in [3.05, 3.63) is 69.7 Å². The Bertz CT molecular complexity index is 1190. The highest BCUT2D eigenvalue weighted by atomic mass is 35.5. The minimum absolute atomic E-state index is 0.0527. The van der Waals surface area contributed by atoms with Crippen molar-refractivity contribution in [2.24, 2.45) is 17.4 Å². The third kappa shape index (κ3) is 10.3. The minimum atomic E-state index is -0.593. The van der Waals surface area contributed by atoms with Gasteiger partial charge in [-0.05, 0) is 67.1 Å². The molecule has 0 bridgehead atoms. The van der Waals surface area contributed by atoms with Crippen LogP contribution in [0.1, 0.15) is 50.7 Å². The summed E-state index contributed by atoms with van der Waals surface area (Å²) in [6.45, 7) is 7.38. The number of benzene rings is 2. The zero-order chi connectivity index (χ0) is 30.6. The van der Waals surface area contributed by atoms with Gasteiger partial charge in [0.05, 0.1) is 12.6 Å². The van der Waals surface area contributed by atoms with Gasteiger partial charge < -0.3 is 26.8 Å². The van der Waals surface area contributed by atoms with Crippen molar-refractivity contribution >= 4 is 40.7 Å². The van der Waals surface area contributed by atoms with Crippen LogP contribution in [-0.2, 0) is 17.6 Å². The number of piperazine rings is 1. The van der Waals surface area contributed by atoms with Gasteiger partial charge >= 0.3 is 5.90 Å². The van der Waals surface area contributed by atoms with Gasteiger partial charge in [0.15, 0.2) is 12.6 Å². The van der Waals surface area contributed by atoms with E-state index in [-0.39, 0.29) is 36.0 Å². The summed E-state index contributed by atoms with van der Waals surface area (Å²) in [4.78, 5) is 15.6. The molecule has 230 valence electrons. The number of carbonyl (C=O) groups excluding carboxylic acids is 1. The molecule has 0 aliphatic carbocycles. The maximum atomic E-state index is 13.8. The molecule has 7 N–H and O–H groups in total. The molecular formula is C32H47Cl2N6O2+. The number of aliphatic hydroxyl groups is 1. The molecule has 10 heteroatoms. The highest BCUT2D eigenvalue weighted by molar-refractivity contribution is 6.38. The molecule has 0 unspecified atom stereocenters. The highest BCUT2D eigenvalue weighted by Gasteiger charge is 2.42. The maximum Gasteiger partial charge on any atom is 0.351 e. The van der Waals surface area contributed by atoms with E-state index < -0.39 is 6.04 Å². The highest BCUT2D eigenvalue weighted by Crippen LogP contribution is 2.23. The number of hydrogen-bond donors (Lipinski definition) is 5. The summed E-state index contributed by atoms with van der Waals surface area (Å²) < 4.78 is 2.02. The quantitative estimate of drug-likeness (QED) is 0.0872. The van der Waals surface area contributed by atoms with Crippen molar-refractivity contribution in [2.45, 2.75) is 70.5 Å². The molecule has 2 aromatic carbocycles. The number of carbonyl (C=O) groups is 1. The van der Waals surface area contributed by atoms with Gasteiger partial charge in [-0.15, -0.1) is 0 Å². The van der Waals surface area contributed by atoms with Gasteiger partial charge in [-0.2, -0.15) is 4.58 Å². The summed E-state index contributed by atoms with van der Waals surface area (Å²) in [5.41, 5.74) is 14.1. The molecule has 42 heavy (non-hydrogen) atoms. The largest absolute Gasteiger partial charge is 0.462 e. The summed E-state index contributed by atoms with van der Waals surface area (Å²) in [5, 5.41) is 24.8. The van der Waals surface area contributed by atoms with Crippen LogP contribution >= 0.6 is 23.2 Å². The Hall–Kier alpha value is -2.49. The molecular weight excluding hydrogens is 571 g/mol. The van der Waals surface area contributed by atoms with Crippen LogP contribution in [0.2, 0.25) is 10.0 Å². The zero-order valence-electron chi connectivity index (χ0n) is 24.9. The molecule has 2 aromatic rings. The van der Waals surface area contributed by atoms with Crippen LogP contribution in [-0.4, -0.2) is 82.9 Å². The van der Waals surface area contributed by atoms with Crippen molar-refractivity contribution in [2.75, 3.05) is 32.7 Å². The van der Waals surface area contributed by atoms with Crippen LogP contribution in [0.25, 0.3) is 0 Å². The van der Waals surface area contributed by atoms with Crippen molar-refractivity contribution in [1.82, 2.24) is 10.2 Å². The molecule has 1 aliphatic rings. The van der Waals surface area contributed by atoms with Crippen LogP contribution in [0.3, 0.4) is 0 Å². The predicted octanol–water partition coefficient (Wildman–Crippen LogP) is 4.44. The van der Waals surface area contributed by atoms with Crippen molar-refractivity contribution in [3.8, 4) is 0 Å². The Morgan fingerprint density at radius 1 is 1.07 bits per heavy atom. The van der Waals surface area contributed by atoms with E-state index in [0.29, 0.717) is 42.0 Å². The predicted molar refractivity (Wildman–Crippen MR) is 173 cm³/mol. The lowest BCUT2D eigenvalue weighted by atomic mass is 9.95. The average molecular weight is 619 g/mol. The molecule has 1 amide bonds. The fraction of sp³-hybridized carbons (Fsp3) is 0.531. The number of aliphatic hydroxyl groups excluding tert-OH is 1. The number of rotatable bonds is 15. The standard InChI is InChI=1S/C32H46Cl2N6O2/c1-22(2)17-28-21-39(31(41)29(36)18-23-6-10-25(33)11-7-23)27(5-3-4-15-38-16-14-35)20-40(28)32(42)30(37)19-24-8-12-26(34)13-9-24/h6-13,22,27-29,37-38H,3-5,14-21,35-36H2,1-2H3/p+1/t27-,28+,29+/m0/s1. The Morgan fingerprint density at radius 3 is 2.29 bits per heavy atom. The van der Waals surface area contributed by atoms with Crippen molar-refractivity contribution < 1.29 is 14.5 Å². The van der Waals surface area contributed by atoms with E-state index >= 15 is 0 Å². The van der Waals surface area contributed by atoms with Crippen LogP contribution in [0.5, 0.6) is 0 Å². The zero-order valence-corrected chi connectivity index (χ0v) is 26.4. The van der Waals surface area contributed by atoms with E-state index in [1.165, 1.54) is 0 Å². The summed E-state index contributed by atoms with van der Waals surface area (Å²) in [7, 11) is 0. The molecule has 3 rings (SSSR count). The summed E-state index contributed by atoms with van der Waals surface area (Å²) in [6.07, 6.45) is 4.12. The number of nitrogens with zero attached hydrogens (tertiary/aromatic N) is 2. The maximum absolute atomic E-state index is 13.8. The molecule has 3 atom stereocenters. The normalized spacial score (nSPS) is 19.2. The molecule has 1 saturated heterocycles. The monoisotopic (exact) mass is 617 g/mol. The summed E-state index contributed by atoms with van der Waals surface area (Å²) >= 11 is 12.1. The van der Waals surface area contributed by atoms with Gasteiger partial charge in [-0.1, -0.05) is 61.3 Å². The van der Waals surface area contributed by atoms with E-state index in [4.69, 9.17) is 40.1 Å². The second-order valence-corrected chi connectivity index (χ2v) is 12.5. The number of nitrogens with two attached hydrogens (primary N) is 2. The van der Waals surface area contributed by atoms with E-state index in [1.54, 1.807) is 12.1 Å². The second-order valence-electron chi connectivity index (χ2n) is 11.7. The molecule has 1 aliphatic heterocycles. The lowest BCUT2D eigenvalue weighted by Crippen LogP contribution is -2.60. The average Bonchev–Trinajstić information content (AvgIpc) is 2.96. The first kappa shape index (κ1) is 34.0. The van der Waals surface area contributed by atoms with Crippen molar-refractivity contribution in [1.29, 1.82) is 5.41 Å². The summed E-state index contributed by atoms with van der Waals surface area (Å²) in [6, 6.07) is 13.9. The summed E-state index contributed by atoms with van der Waals surface area (Å²) in [5.74, 6) is 0.218. The van der Waals surface area contributed by atoms with E-state index in [0.717, 1.165) is 49.9 Å².